The molecule has 2 bridgehead atoms. The van der Waals surface area contributed by atoms with Crippen molar-refractivity contribution in [3.63, 3.8) is 0 Å². The van der Waals surface area contributed by atoms with Crippen LogP contribution in [-0.4, -0.2) is 110 Å². The van der Waals surface area contributed by atoms with Gasteiger partial charge in [0.2, 0.25) is 0 Å². The van der Waals surface area contributed by atoms with Crippen molar-refractivity contribution in [3.05, 3.63) is 0 Å². The highest BCUT2D eigenvalue weighted by atomic mass is 32.3. The molecule has 4 atom stereocenters. The van der Waals surface area contributed by atoms with Crippen LogP contribution in [0, 0.1) is 5.92 Å². The van der Waals surface area contributed by atoms with Gasteiger partial charge in [0, 0.05) is 45.3 Å². The fourth-order valence-corrected chi connectivity index (χ4v) is 5.20. The predicted octanol–water partition coefficient (Wildman–Crippen LogP) is -2.08. The van der Waals surface area contributed by atoms with Crippen molar-refractivity contribution >= 4 is 22.3 Å². The summed E-state index contributed by atoms with van der Waals surface area (Å²) in [6.45, 7) is 6.63. The van der Waals surface area contributed by atoms with Gasteiger partial charge in [0.25, 0.3) is 5.91 Å². The van der Waals surface area contributed by atoms with Gasteiger partial charge in [-0.2, -0.15) is 13.5 Å². The normalized spacial score (nSPS) is 32.0. The Labute approximate surface area is 181 Å². The van der Waals surface area contributed by atoms with E-state index < -0.39 is 34.4 Å². The molecule has 0 radical (unpaired) electrons. The molecule has 4 saturated heterocycles. The second-order valence-electron chi connectivity index (χ2n) is 8.54. The lowest BCUT2D eigenvalue weighted by molar-refractivity contribution is -0.139. The number of urea groups is 1. The SMILES string of the molecule is O=C(NOC[C@H]1C[C@H](CN2CCNCC2)CN1)C1CCC2CN1C(=O)N2OS(=O)(=O)O. The third-order valence-electron chi connectivity index (χ3n) is 6.30. The first kappa shape index (κ1) is 22.6. The van der Waals surface area contributed by atoms with Crippen LogP contribution < -0.4 is 16.1 Å². The lowest BCUT2D eigenvalue weighted by Gasteiger charge is -2.29. The Morgan fingerprint density at radius 1 is 1.26 bits per heavy atom. The van der Waals surface area contributed by atoms with E-state index in [1.165, 1.54) is 4.90 Å². The van der Waals surface area contributed by atoms with Gasteiger partial charge in [0.05, 0.1) is 12.6 Å². The zero-order valence-electron chi connectivity index (χ0n) is 17.2. The number of hydroxylamine groups is 3. The lowest BCUT2D eigenvalue weighted by atomic mass is 10.0. The van der Waals surface area contributed by atoms with Crippen molar-refractivity contribution in [2.75, 3.05) is 52.4 Å². The molecule has 2 unspecified atom stereocenters. The number of carbonyl (C=O) groups excluding carboxylic acids is 2. The molecule has 0 aromatic heterocycles. The Morgan fingerprint density at radius 2 is 2.03 bits per heavy atom. The molecule has 176 valence electrons. The van der Waals surface area contributed by atoms with Crippen LogP contribution in [0.1, 0.15) is 19.3 Å². The summed E-state index contributed by atoms with van der Waals surface area (Å²) in [6, 6.07) is -1.94. The van der Waals surface area contributed by atoms with Crippen LogP contribution in [0.15, 0.2) is 0 Å². The molecule has 13 nitrogen and oxygen atoms in total. The Balaban J connectivity index is 1.19. The second kappa shape index (κ2) is 9.52. The molecule has 4 aliphatic heterocycles. The molecular weight excluding hydrogens is 432 g/mol. The Morgan fingerprint density at radius 3 is 2.77 bits per heavy atom. The summed E-state index contributed by atoms with van der Waals surface area (Å²) in [5.74, 6) is 0.0876. The van der Waals surface area contributed by atoms with E-state index >= 15 is 0 Å². The van der Waals surface area contributed by atoms with Gasteiger partial charge in [-0.3, -0.25) is 14.2 Å². The average Bonchev–Trinajstić information content (AvgIpc) is 3.26. The highest BCUT2D eigenvalue weighted by Gasteiger charge is 2.49. The van der Waals surface area contributed by atoms with Gasteiger partial charge >= 0.3 is 16.4 Å². The Bertz CT molecular complexity index is 777. The van der Waals surface area contributed by atoms with Crippen LogP contribution in [0.5, 0.6) is 0 Å². The van der Waals surface area contributed by atoms with Crippen molar-refractivity contribution in [1.82, 2.24) is 31.0 Å². The molecule has 4 N–H and O–H groups in total. The van der Waals surface area contributed by atoms with Gasteiger partial charge in [-0.05, 0) is 31.7 Å². The third-order valence-corrected chi connectivity index (χ3v) is 6.65. The number of piperidine rings is 1. The summed E-state index contributed by atoms with van der Waals surface area (Å²) in [6.07, 6.45) is 1.68. The Kier molecular flexibility index (Phi) is 6.95. The number of nitrogens with zero attached hydrogens (tertiary/aromatic N) is 3. The molecule has 0 aromatic rings. The van der Waals surface area contributed by atoms with E-state index in [2.05, 4.69) is 25.3 Å². The fraction of sp³-hybridized carbons (Fsp3) is 0.882. The average molecular weight is 463 g/mol. The molecule has 3 amide bonds. The van der Waals surface area contributed by atoms with E-state index in [0.29, 0.717) is 30.4 Å². The maximum absolute atomic E-state index is 12.5. The van der Waals surface area contributed by atoms with E-state index in [9.17, 15) is 18.0 Å². The maximum Gasteiger partial charge on any atom is 0.418 e. The fourth-order valence-electron chi connectivity index (χ4n) is 4.81. The van der Waals surface area contributed by atoms with Crippen LogP contribution in [-0.2, 0) is 24.3 Å². The van der Waals surface area contributed by atoms with Crippen LogP contribution in [0.3, 0.4) is 0 Å². The van der Waals surface area contributed by atoms with Crippen LogP contribution in [0.4, 0.5) is 4.79 Å². The number of hydrogen-bond donors (Lipinski definition) is 4. The topological polar surface area (TPSA) is 153 Å². The number of piperazine rings is 1. The zero-order valence-corrected chi connectivity index (χ0v) is 18.1. The summed E-state index contributed by atoms with van der Waals surface area (Å²) in [5, 5.41) is 7.39. The molecule has 4 rings (SSSR count). The zero-order chi connectivity index (χ0) is 22.0. The summed E-state index contributed by atoms with van der Waals surface area (Å²) in [4.78, 5) is 34.0. The molecule has 31 heavy (non-hydrogen) atoms. The number of amides is 3. The molecule has 0 aliphatic carbocycles. The minimum atomic E-state index is -4.81. The molecule has 4 fully saturated rings. The number of fused-ring (bicyclic) bond motifs is 2. The summed E-state index contributed by atoms with van der Waals surface area (Å²) in [5.41, 5.74) is 2.42. The van der Waals surface area contributed by atoms with Crippen molar-refractivity contribution in [1.29, 1.82) is 0 Å². The van der Waals surface area contributed by atoms with Crippen molar-refractivity contribution in [3.8, 4) is 0 Å². The molecular formula is C17H30N6O7S. The highest BCUT2D eigenvalue weighted by Crippen LogP contribution is 2.30. The van der Waals surface area contributed by atoms with Gasteiger partial charge in [0.15, 0.2) is 0 Å². The van der Waals surface area contributed by atoms with E-state index in [1.807, 2.05) is 0 Å². The molecule has 4 heterocycles. The van der Waals surface area contributed by atoms with Crippen molar-refractivity contribution < 1.29 is 31.7 Å². The Hall–Kier alpha value is -1.55. The van der Waals surface area contributed by atoms with Crippen LogP contribution >= 0.6 is 0 Å². The summed E-state index contributed by atoms with van der Waals surface area (Å²) in [7, 11) is -4.81. The third kappa shape index (κ3) is 5.63. The number of carbonyl (C=O) groups is 2. The molecule has 14 heteroatoms. The summed E-state index contributed by atoms with van der Waals surface area (Å²) >= 11 is 0. The first-order chi connectivity index (χ1) is 14.8. The minimum absolute atomic E-state index is 0.143. The molecule has 0 spiro atoms. The van der Waals surface area contributed by atoms with Crippen LogP contribution in [0.25, 0.3) is 0 Å². The van der Waals surface area contributed by atoms with Gasteiger partial charge < -0.3 is 20.4 Å². The molecule has 0 aromatic carbocycles. The van der Waals surface area contributed by atoms with Crippen molar-refractivity contribution in [2.45, 2.75) is 37.4 Å². The first-order valence-corrected chi connectivity index (χ1v) is 12.0. The quantitative estimate of drug-likeness (QED) is 0.234. The van der Waals surface area contributed by atoms with Crippen LogP contribution in [0.2, 0.25) is 0 Å². The number of hydrogen-bond acceptors (Lipinski definition) is 9. The largest absolute Gasteiger partial charge is 0.418 e. The van der Waals surface area contributed by atoms with Gasteiger partial charge in [-0.25, -0.2) is 10.3 Å². The van der Waals surface area contributed by atoms with Gasteiger partial charge in [-0.15, -0.1) is 4.28 Å². The maximum atomic E-state index is 12.5. The highest BCUT2D eigenvalue weighted by molar-refractivity contribution is 7.80. The lowest BCUT2D eigenvalue weighted by Crippen LogP contribution is -2.50. The van der Waals surface area contributed by atoms with E-state index in [0.717, 1.165) is 45.7 Å². The smallest absolute Gasteiger partial charge is 0.314 e. The second-order valence-corrected chi connectivity index (χ2v) is 9.55. The molecule has 0 saturated carbocycles. The monoisotopic (exact) mass is 462 g/mol. The van der Waals surface area contributed by atoms with Crippen molar-refractivity contribution in [2.24, 2.45) is 5.92 Å². The van der Waals surface area contributed by atoms with Gasteiger partial charge in [-0.1, -0.05) is 0 Å². The minimum Gasteiger partial charge on any atom is -0.314 e. The standard InChI is InChI=1S/C17H30N6O7S/c24-16(15-2-1-14-10-22(15)17(25)23(14)30-31(26,27)28)20-29-11-13-7-12(8-19-13)9-21-5-3-18-4-6-21/h12-15,18-19H,1-11H2,(H,20,24)(H,26,27,28)/t12-,13+,14?,15?/m0/s1. The first-order valence-electron chi connectivity index (χ1n) is 10.6. The number of rotatable bonds is 8. The summed E-state index contributed by atoms with van der Waals surface area (Å²) < 4.78 is 35.1. The number of nitrogens with one attached hydrogen (secondary N) is 3. The van der Waals surface area contributed by atoms with E-state index in [4.69, 9.17) is 9.39 Å². The predicted molar refractivity (Wildman–Crippen MR) is 107 cm³/mol. The molecule has 4 aliphatic rings. The van der Waals surface area contributed by atoms with E-state index in [1.54, 1.807) is 0 Å². The van der Waals surface area contributed by atoms with Gasteiger partial charge in [0.1, 0.15) is 6.04 Å². The van der Waals surface area contributed by atoms with E-state index in [-0.39, 0.29) is 12.6 Å².